The average Bonchev–Trinajstić information content (AvgIpc) is 3.05. The molecule has 5 nitrogen and oxygen atoms in total. The first-order chi connectivity index (χ1) is 9.75. The molecule has 3 heterocycles. The van der Waals surface area contributed by atoms with Gasteiger partial charge < -0.3 is 4.90 Å². The van der Waals surface area contributed by atoms with Crippen LogP contribution in [-0.2, 0) is 0 Å². The molecule has 0 bridgehead atoms. The lowest BCUT2D eigenvalue weighted by Crippen LogP contribution is -2.39. The van der Waals surface area contributed by atoms with Gasteiger partial charge in [0.05, 0.1) is 5.69 Å². The smallest absolute Gasteiger partial charge is 0.267 e. The van der Waals surface area contributed by atoms with Crippen LogP contribution in [0, 0.1) is 6.92 Å². The predicted octanol–water partition coefficient (Wildman–Crippen LogP) is 1.50. The molecule has 1 aromatic rings. The topological polar surface area (TPSA) is 49.3 Å². The van der Waals surface area contributed by atoms with E-state index in [-0.39, 0.29) is 5.91 Å². The maximum atomic E-state index is 12.5. The van der Waals surface area contributed by atoms with Gasteiger partial charge in [-0.15, -0.1) is 5.10 Å². The highest BCUT2D eigenvalue weighted by molar-refractivity contribution is 7.99. The van der Waals surface area contributed by atoms with E-state index < -0.39 is 0 Å². The lowest BCUT2D eigenvalue weighted by atomic mass is 10.2. The van der Waals surface area contributed by atoms with Gasteiger partial charge in [0.15, 0.2) is 0 Å². The van der Waals surface area contributed by atoms with Crippen LogP contribution in [0.1, 0.15) is 28.2 Å². The van der Waals surface area contributed by atoms with Crippen molar-refractivity contribution in [2.45, 2.75) is 25.8 Å². The van der Waals surface area contributed by atoms with Crippen LogP contribution in [0.15, 0.2) is 0 Å². The molecular formula is C13H20N4OS2. The van der Waals surface area contributed by atoms with Crippen LogP contribution in [0.25, 0.3) is 0 Å². The van der Waals surface area contributed by atoms with Gasteiger partial charge >= 0.3 is 0 Å². The van der Waals surface area contributed by atoms with Crippen LogP contribution in [0.5, 0.6) is 0 Å². The molecule has 1 unspecified atom stereocenters. The molecule has 2 fully saturated rings. The van der Waals surface area contributed by atoms with Gasteiger partial charge in [0, 0.05) is 38.0 Å². The summed E-state index contributed by atoms with van der Waals surface area (Å²) in [4.78, 5) is 17.8. The van der Waals surface area contributed by atoms with E-state index in [0.717, 1.165) is 44.3 Å². The molecule has 2 aliphatic rings. The first-order valence-corrected chi connectivity index (χ1v) is 9.08. The van der Waals surface area contributed by atoms with E-state index in [2.05, 4.69) is 26.2 Å². The summed E-state index contributed by atoms with van der Waals surface area (Å²) in [7, 11) is 0. The molecule has 20 heavy (non-hydrogen) atoms. The minimum atomic E-state index is 0.111. The third-order valence-corrected chi connectivity index (χ3v) is 6.05. The van der Waals surface area contributed by atoms with E-state index in [9.17, 15) is 4.79 Å². The molecule has 0 spiro atoms. The minimum absolute atomic E-state index is 0.111. The highest BCUT2D eigenvalue weighted by Gasteiger charge is 2.27. The second-order valence-corrected chi connectivity index (χ2v) is 7.29. The molecule has 0 radical (unpaired) electrons. The Kier molecular flexibility index (Phi) is 4.58. The summed E-state index contributed by atoms with van der Waals surface area (Å²) >= 11 is 3.27. The Morgan fingerprint density at radius 3 is 2.90 bits per heavy atom. The second kappa shape index (κ2) is 6.41. The molecule has 7 heteroatoms. The lowest BCUT2D eigenvalue weighted by molar-refractivity contribution is 0.0763. The van der Waals surface area contributed by atoms with Gasteiger partial charge in [-0.25, -0.2) is 0 Å². The van der Waals surface area contributed by atoms with E-state index >= 15 is 0 Å². The molecule has 1 amide bonds. The standard InChI is InChI=1S/C13H20N4OS2/c1-10-12(20-15-14-10)13(18)17-5-2-4-16(6-7-17)11-3-8-19-9-11/h11H,2-9H2,1H3. The van der Waals surface area contributed by atoms with Crippen molar-refractivity contribution in [3.05, 3.63) is 10.6 Å². The number of nitrogens with zero attached hydrogens (tertiary/aromatic N) is 4. The van der Waals surface area contributed by atoms with Crippen LogP contribution in [-0.4, -0.2) is 69.0 Å². The predicted molar refractivity (Wildman–Crippen MR) is 82.5 cm³/mol. The van der Waals surface area contributed by atoms with Crippen molar-refractivity contribution < 1.29 is 4.79 Å². The normalized spacial score (nSPS) is 24.9. The van der Waals surface area contributed by atoms with E-state index in [1.807, 2.05) is 11.8 Å². The summed E-state index contributed by atoms with van der Waals surface area (Å²) in [6, 6.07) is 0.724. The molecule has 3 rings (SSSR count). The lowest BCUT2D eigenvalue weighted by Gasteiger charge is -2.26. The molecule has 2 saturated heterocycles. The zero-order valence-corrected chi connectivity index (χ0v) is 13.4. The maximum Gasteiger partial charge on any atom is 0.267 e. The SMILES string of the molecule is Cc1nnsc1C(=O)N1CCCN(C2CCSC2)CC1. The third kappa shape index (κ3) is 2.99. The second-order valence-electron chi connectivity index (χ2n) is 5.39. The number of carbonyl (C=O) groups is 1. The fraction of sp³-hybridized carbons (Fsp3) is 0.769. The van der Waals surface area contributed by atoms with Gasteiger partial charge in [-0.05, 0) is 37.1 Å². The molecule has 0 aromatic carbocycles. The van der Waals surface area contributed by atoms with Gasteiger partial charge in [-0.3, -0.25) is 9.69 Å². The highest BCUT2D eigenvalue weighted by atomic mass is 32.2. The molecular weight excluding hydrogens is 292 g/mol. The van der Waals surface area contributed by atoms with Crippen LogP contribution in [0.2, 0.25) is 0 Å². The molecule has 2 aliphatic heterocycles. The Bertz CT molecular complexity index is 473. The first kappa shape index (κ1) is 14.3. The van der Waals surface area contributed by atoms with Crippen LogP contribution >= 0.6 is 23.3 Å². The monoisotopic (exact) mass is 312 g/mol. The van der Waals surface area contributed by atoms with Gasteiger partial charge in [0.1, 0.15) is 4.88 Å². The fourth-order valence-electron chi connectivity index (χ4n) is 2.89. The minimum Gasteiger partial charge on any atom is -0.337 e. The number of carbonyl (C=O) groups excluding carboxylic acids is 1. The largest absolute Gasteiger partial charge is 0.337 e. The van der Waals surface area contributed by atoms with E-state index in [0.29, 0.717) is 4.88 Å². The molecule has 110 valence electrons. The summed E-state index contributed by atoms with van der Waals surface area (Å²) in [5.41, 5.74) is 0.758. The van der Waals surface area contributed by atoms with Crippen molar-refractivity contribution in [1.29, 1.82) is 0 Å². The Morgan fingerprint density at radius 1 is 1.30 bits per heavy atom. The van der Waals surface area contributed by atoms with Crippen molar-refractivity contribution in [1.82, 2.24) is 19.4 Å². The number of amides is 1. The summed E-state index contributed by atoms with van der Waals surface area (Å²) in [6.07, 6.45) is 2.37. The quantitative estimate of drug-likeness (QED) is 0.828. The van der Waals surface area contributed by atoms with Gasteiger partial charge in [0.25, 0.3) is 5.91 Å². The van der Waals surface area contributed by atoms with Crippen molar-refractivity contribution >= 4 is 29.2 Å². The molecule has 0 saturated carbocycles. The van der Waals surface area contributed by atoms with Gasteiger partial charge in [-0.1, -0.05) is 4.49 Å². The van der Waals surface area contributed by atoms with Crippen molar-refractivity contribution in [2.75, 3.05) is 37.7 Å². The number of hydrogen-bond donors (Lipinski definition) is 0. The summed E-state index contributed by atoms with van der Waals surface area (Å²) in [5.74, 6) is 2.65. The van der Waals surface area contributed by atoms with E-state index in [1.54, 1.807) is 0 Å². The molecule has 0 N–H and O–H groups in total. The third-order valence-electron chi connectivity index (χ3n) is 4.09. The van der Waals surface area contributed by atoms with Gasteiger partial charge in [0.2, 0.25) is 0 Å². The zero-order chi connectivity index (χ0) is 13.9. The summed E-state index contributed by atoms with van der Waals surface area (Å²) in [6.45, 7) is 5.66. The number of aromatic nitrogens is 2. The summed E-state index contributed by atoms with van der Waals surface area (Å²) < 4.78 is 3.87. The number of thioether (sulfide) groups is 1. The zero-order valence-electron chi connectivity index (χ0n) is 11.7. The molecule has 0 aliphatic carbocycles. The Labute approximate surface area is 127 Å². The first-order valence-electron chi connectivity index (χ1n) is 7.15. The van der Waals surface area contributed by atoms with E-state index in [4.69, 9.17) is 0 Å². The summed E-state index contributed by atoms with van der Waals surface area (Å²) in [5, 5.41) is 3.94. The fourth-order valence-corrected chi connectivity index (χ4v) is 4.77. The average molecular weight is 312 g/mol. The van der Waals surface area contributed by atoms with Crippen molar-refractivity contribution in [3.8, 4) is 0 Å². The van der Waals surface area contributed by atoms with Crippen molar-refractivity contribution in [3.63, 3.8) is 0 Å². The van der Waals surface area contributed by atoms with Gasteiger partial charge in [-0.2, -0.15) is 11.8 Å². The van der Waals surface area contributed by atoms with Crippen LogP contribution in [0.3, 0.4) is 0 Å². The van der Waals surface area contributed by atoms with Crippen LogP contribution < -0.4 is 0 Å². The molecule has 1 atom stereocenters. The molecule has 1 aromatic heterocycles. The van der Waals surface area contributed by atoms with Crippen molar-refractivity contribution in [2.24, 2.45) is 0 Å². The Morgan fingerprint density at radius 2 is 2.20 bits per heavy atom. The Balaban J connectivity index is 1.62. The van der Waals surface area contributed by atoms with Crippen LogP contribution in [0.4, 0.5) is 0 Å². The number of aryl methyl sites for hydroxylation is 1. The van der Waals surface area contributed by atoms with E-state index in [1.165, 1.54) is 29.5 Å². The number of rotatable bonds is 2. The number of hydrogen-bond acceptors (Lipinski definition) is 6. The maximum absolute atomic E-state index is 12.5. The highest BCUT2D eigenvalue weighted by Crippen LogP contribution is 2.23. The Hall–Kier alpha value is -0.660.